The molecule has 0 aliphatic rings. The molecule has 3 heteroatoms. The van der Waals surface area contributed by atoms with E-state index in [-0.39, 0.29) is 0 Å². The predicted molar refractivity (Wildman–Crippen MR) is 81.5 cm³/mol. The second kappa shape index (κ2) is 7.60. The Morgan fingerprint density at radius 1 is 1.24 bits per heavy atom. The summed E-state index contributed by atoms with van der Waals surface area (Å²) >= 11 is 5.57. The summed E-state index contributed by atoms with van der Waals surface area (Å²) in [6, 6.07) is 0. The van der Waals surface area contributed by atoms with Gasteiger partial charge in [-0.2, -0.15) is 0 Å². The SMILES string of the molecule is C[C@H](CCC/C=C/CCl)O[Si](C)(C)C(C)(C)C. The third-order valence-electron chi connectivity index (χ3n) is 3.54. The third kappa shape index (κ3) is 7.27. The normalized spacial score (nSPS) is 15.5. The zero-order chi connectivity index (χ0) is 13.5. The minimum absolute atomic E-state index is 0.305. The molecule has 0 fully saturated rings. The molecule has 0 spiro atoms. The maximum absolute atomic E-state index is 6.30. The van der Waals surface area contributed by atoms with Crippen LogP contribution in [0.3, 0.4) is 0 Å². The fourth-order valence-corrected chi connectivity index (χ4v) is 3.05. The van der Waals surface area contributed by atoms with E-state index in [0.29, 0.717) is 17.0 Å². The standard InChI is InChI=1S/C14H29ClOSi/c1-13(11-9-7-8-10-12-15)16-17(5,6)14(2,3)4/h8,10,13H,7,9,11-12H2,1-6H3/b10-8+/t13-/m1/s1. The molecule has 0 heterocycles. The van der Waals surface area contributed by atoms with Gasteiger partial charge in [0.15, 0.2) is 8.32 Å². The Balaban J connectivity index is 3.94. The zero-order valence-corrected chi connectivity index (χ0v) is 14.1. The van der Waals surface area contributed by atoms with E-state index >= 15 is 0 Å². The topological polar surface area (TPSA) is 9.23 Å². The number of allylic oxidation sites excluding steroid dienone is 2. The molecule has 0 unspecified atom stereocenters. The Labute approximate surface area is 114 Å². The van der Waals surface area contributed by atoms with Gasteiger partial charge in [-0.3, -0.25) is 0 Å². The minimum Gasteiger partial charge on any atom is -0.414 e. The molecule has 0 aliphatic heterocycles. The van der Waals surface area contributed by atoms with Crippen molar-refractivity contribution in [2.24, 2.45) is 0 Å². The van der Waals surface area contributed by atoms with Crippen molar-refractivity contribution in [2.75, 3.05) is 5.88 Å². The molecule has 102 valence electrons. The summed E-state index contributed by atoms with van der Waals surface area (Å²) in [6.07, 6.45) is 7.98. The highest BCUT2D eigenvalue weighted by atomic mass is 35.5. The first-order valence-corrected chi connectivity index (χ1v) is 10.0. The van der Waals surface area contributed by atoms with Gasteiger partial charge in [0.05, 0.1) is 0 Å². The Hall–Kier alpha value is 0.207. The van der Waals surface area contributed by atoms with E-state index in [1.165, 1.54) is 6.42 Å². The molecule has 0 aliphatic carbocycles. The highest BCUT2D eigenvalue weighted by Gasteiger charge is 2.38. The van der Waals surface area contributed by atoms with Gasteiger partial charge in [-0.1, -0.05) is 32.9 Å². The molecule has 0 N–H and O–H groups in total. The van der Waals surface area contributed by atoms with Crippen molar-refractivity contribution in [1.29, 1.82) is 0 Å². The van der Waals surface area contributed by atoms with E-state index in [0.717, 1.165) is 12.8 Å². The lowest BCUT2D eigenvalue weighted by molar-refractivity contribution is 0.187. The lowest BCUT2D eigenvalue weighted by atomic mass is 10.2. The molecule has 0 aromatic rings. The van der Waals surface area contributed by atoms with Crippen LogP contribution in [0.5, 0.6) is 0 Å². The summed E-state index contributed by atoms with van der Waals surface area (Å²) in [4.78, 5) is 0. The van der Waals surface area contributed by atoms with Crippen LogP contribution >= 0.6 is 11.6 Å². The van der Waals surface area contributed by atoms with Crippen LogP contribution in [-0.4, -0.2) is 20.3 Å². The molecular weight excluding hydrogens is 248 g/mol. The second-order valence-electron chi connectivity index (χ2n) is 6.25. The fraction of sp³-hybridized carbons (Fsp3) is 0.857. The van der Waals surface area contributed by atoms with Gasteiger partial charge in [0.2, 0.25) is 0 Å². The van der Waals surface area contributed by atoms with Gasteiger partial charge >= 0.3 is 0 Å². The summed E-state index contributed by atoms with van der Waals surface area (Å²) in [5, 5.41) is 0.305. The summed E-state index contributed by atoms with van der Waals surface area (Å²) in [5.41, 5.74) is 0. The summed E-state index contributed by atoms with van der Waals surface area (Å²) in [5.74, 6) is 0.621. The first-order valence-electron chi connectivity index (χ1n) is 6.59. The molecule has 0 bridgehead atoms. The molecule has 0 saturated carbocycles. The molecule has 0 aromatic carbocycles. The van der Waals surface area contributed by atoms with E-state index in [1.54, 1.807) is 0 Å². The largest absolute Gasteiger partial charge is 0.414 e. The highest BCUT2D eigenvalue weighted by Crippen LogP contribution is 2.37. The second-order valence-corrected chi connectivity index (χ2v) is 11.3. The molecule has 0 saturated heterocycles. The van der Waals surface area contributed by atoms with E-state index < -0.39 is 8.32 Å². The molecule has 0 radical (unpaired) electrons. The van der Waals surface area contributed by atoms with Gasteiger partial charge < -0.3 is 4.43 Å². The first-order chi connectivity index (χ1) is 7.70. The van der Waals surface area contributed by atoms with Crippen molar-refractivity contribution in [3.8, 4) is 0 Å². The van der Waals surface area contributed by atoms with Gasteiger partial charge in [0.25, 0.3) is 0 Å². The van der Waals surface area contributed by atoms with Crippen LogP contribution < -0.4 is 0 Å². The maximum atomic E-state index is 6.30. The molecule has 17 heavy (non-hydrogen) atoms. The Morgan fingerprint density at radius 3 is 2.29 bits per heavy atom. The molecule has 1 atom stereocenters. The maximum Gasteiger partial charge on any atom is 0.192 e. The number of alkyl halides is 1. The van der Waals surface area contributed by atoms with Gasteiger partial charge in [-0.15, -0.1) is 11.6 Å². The monoisotopic (exact) mass is 276 g/mol. The minimum atomic E-state index is -1.58. The number of unbranched alkanes of at least 4 members (excludes halogenated alkanes) is 1. The van der Waals surface area contributed by atoms with Gasteiger partial charge in [0, 0.05) is 12.0 Å². The van der Waals surface area contributed by atoms with Crippen molar-refractivity contribution in [2.45, 2.75) is 71.2 Å². The smallest absolute Gasteiger partial charge is 0.192 e. The fourth-order valence-electron chi connectivity index (χ4n) is 1.44. The van der Waals surface area contributed by atoms with E-state index in [4.69, 9.17) is 16.0 Å². The van der Waals surface area contributed by atoms with Crippen LogP contribution in [0, 0.1) is 0 Å². The van der Waals surface area contributed by atoms with Crippen molar-refractivity contribution < 1.29 is 4.43 Å². The lowest BCUT2D eigenvalue weighted by Gasteiger charge is -2.38. The summed E-state index contributed by atoms with van der Waals surface area (Å²) in [6.45, 7) is 13.7. The van der Waals surface area contributed by atoms with Crippen LogP contribution in [0.2, 0.25) is 18.1 Å². The van der Waals surface area contributed by atoms with Crippen molar-refractivity contribution in [1.82, 2.24) is 0 Å². The molecule has 0 rings (SSSR count). The molecular formula is C14H29ClOSi. The molecule has 0 aromatic heterocycles. The number of hydrogen-bond donors (Lipinski definition) is 0. The summed E-state index contributed by atoms with van der Waals surface area (Å²) < 4.78 is 6.30. The Bertz CT molecular complexity index is 231. The average Bonchev–Trinajstić information content (AvgIpc) is 2.14. The lowest BCUT2D eigenvalue weighted by Crippen LogP contribution is -2.43. The first kappa shape index (κ1) is 17.2. The van der Waals surface area contributed by atoms with E-state index in [2.05, 4.69) is 46.9 Å². The Morgan fingerprint density at radius 2 is 1.82 bits per heavy atom. The van der Waals surface area contributed by atoms with Crippen molar-refractivity contribution >= 4 is 19.9 Å². The van der Waals surface area contributed by atoms with Crippen LogP contribution in [-0.2, 0) is 4.43 Å². The van der Waals surface area contributed by atoms with Crippen LogP contribution in [0.1, 0.15) is 47.0 Å². The van der Waals surface area contributed by atoms with E-state index in [9.17, 15) is 0 Å². The van der Waals surface area contributed by atoms with E-state index in [1.807, 2.05) is 6.08 Å². The quantitative estimate of drug-likeness (QED) is 0.263. The van der Waals surface area contributed by atoms with Crippen LogP contribution in [0.15, 0.2) is 12.2 Å². The highest BCUT2D eigenvalue weighted by molar-refractivity contribution is 6.74. The average molecular weight is 277 g/mol. The van der Waals surface area contributed by atoms with Gasteiger partial charge in [-0.25, -0.2) is 0 Å². The number of rotatable bonds is 7. The molecule has 1 nitrogen and oxygen atoms in total. The van der Waals surface area contributed by atoms with Crippen LogP contribution in [0.4, 0.5) is 0 Å². The van der Waals surface area contributed by atoms with Crippen LogP contribution in [0.25, 0.3) is 0 Å². The Kier molecular flexibility index (Phi) is 7.69. The third-order valence-corrected chi connectivity index (χ3v) is 8.32. The number of hydrogen-bond acceptors (Lipinski definition) is 1. The zero-order valence-electron chi connectivity index (χ0n) is 12.3. The van der Waals surface area contributed by atoms with Crippen molar-refractivity contribution in [3.63, 3.8) is 0 Å². The van der Waals surface area contributed by atoms with Crippen molar-refractivity contribution in [3.05, 3.63) is 12.2 Å². The summed E-state index contributed by atoms with van der Waals surface area (Å²) in [7, 11) is -1.58. The number of halogens is 1. The van der Waals surface area contributed by atoms with Gasteiger partial charge in [-0.05, 0) is 44.3 Å². The predicted octanol–water partition coefficient (Wildman–Crippen LogP) is 5.36. The van der Waals surface area contributed by atoms with Gasteiger partial charge in [0.1, 0.15) is 0 Å². The molecule has 0 amide bonds.